The van der Waals surface area contributed by atoms with Gasteiger partial charge in [0.15, 0.2) is 0 Å². The van der Waals surface area contributed by atoms with Crippen LogP contribution >= 0.6 is 12.4 Å². The van der Waals surface area contributed by atoms with Crippen LogP contribution in [0.2, 0.25) is 0 Å². The first kappa shape index (κ1) is 41.0. The number of hydrogen-bond donors (Lipinski definition) is 3. The molecule has 6 aliphatic heterocycles. The Labute approximate surface area is 322 Å². The van der Waals surface area contributed by atoms with E-state index in [0.717, 1.165) is 69.5 Å². The Morgan fingerprint density at radius 2 is 1.11 bits per heavy atom. The molecule has 0 aromatic heterocycles. The summed E-state index contributed by atoms with van der Waals surface area (Å²) in [4.78, 5) is 77.9. The van der Waals surface area contributed by atoms with E-state index in [-0.39, 0.29) is 74.8 Å². The summed E-state index contributed by atoms with van der Waals surface area (Å²) in [6.07, 6.45) is 6.25. The molecule has 0 saturated carbocycles. The zero-order chi connectivity index (χ0) is 36.4. The van der Waals surface area contributed by atoms with Crippen molar-refractivity contribution in [2.24, 2.45) is 0 Å². The fourth-order valence-corrected chi connectivity index (χ4v) is 8.63. The molecule has 8 rings (SSSR count). The molecule has 0 aliphatic carbocycles. The molecule has 4 fully saturated rings. The van der Waals surface area contributed by atoms with Crippen molar-refractivity contribution < 1.29 is 33.2 Å². The van der Waals surface area contributed by atoms with E-state index >= 15 is 0 Å². The lowest BCUT2D eigenvalue weighted by Crippen LogP contribution is -2.52. The minimum atomic E-state index is -0.570. The second kappa shape index (κ2) is 18.0. The molecular weight excluding hydrogens is 715 g/mol. The quantitative estimate of drug-likeness (QED) is 0.359. The van der Waals surface area contributed by atoms with Crippen LogP contribution in [0.4, 0.5) is 4.39 Å². The van der Waals surface area contributed by atoms with Gasteiger partial charge in [0, 0.05) is 43.6 Å². The number of rotatable bonds is 7. The lowest BCUT2D eigenvalue weighted by molar-refractivity contribution is -0.138. The fourth-order valence-electron chi connectivity index (χ4n) is 8.63. The molecule has 12 nitrogen and oxygen atoms in total. The molecule has 0 spiro atoms. The van der Waals surface area contributed by atoms with E-state index in [2.05, 4.69) is 39.0 Å². The van der Waals surface area contributed by atoms with Crippen molar-refractivity contribution in [2.45, 2.75) is 102 Å². The van der Waals surface area contributed by atoms with Gasteiger partial charge in [-0.1, -0.05) is 31.7 Å². The number of fused-ring (bicyclic) bond motifs is 2. The third kappa shape index (κ3) is 8.68. The van der Waals surface area contributed by atoms with Gasteiger partial charge < -0.3 is 20.0 Å². The van der Waals surface area contributed by atoms with Crippen molar-refractivity contribution in [3.8, 4) is 0 Å². The Bertz CT molecular complexity index is 1760. The summed E-state index contributed by atoms with van der Waals surface area (Å²) < 4.78 is 12.4. The minimum absolute atomic E-state index is 0. The average Bonchev–Trinajstić information content (AvgIpc) is 3.66. The van der Waals surface area contributed by atoms with Crippen LogP contribution in [0, 0.1) is 0 Å². The molecule has 0 radical (unpaired) electrons. The van der Waals surface area contributed by atoms with E-state index in [1.165, 1.54) is 11.1 Å². The number of piperidine rings is 4. The third-order valence-electron chi connectivity index (χ3n) is 11.6. The van der Waals surface area contributed by atoms with Crippen LogP contribution in [0.3, 0.4) is 0 Å². The number of likely N-dealkylation sites (tertiary alicyclic amines) is 1. The largest absolute Gasteiger partial charge is 0.322 e. The van der Waals surface area contributed by atoms with E-state index in [1.54, 1.807) is 9.80 Å². The molecule has 2 aromatic rings. The molecule has 14 heteroatoms. The summed E-state index contributed by atoms with van der Waals surface area (Å²) in [7, 11) is 0. The zero-order valence-electron chi connectivity index (χ0n) is 29.9. The number of nitrogens with one attached hydrogen (secondary N) is 3. The van der Waals surface area contributed by atoms with Crippen molar-refractivity contribution in [3.05, 3.63) is 69.8 Å². The summed E-state index contributed by atoms with van der Waals surface area (Å²) in [5, 5.41) is 8.04. The molecule has 6 heterocycles. The van der Waals surface area contributed by atoms with Gasteiger partial charge in [-0.2, -0.15) is 0 Å². The molecule has 292 valence electrons. The Morgan fingerprint density at radius 3 is 1.56 bits per heavy atom. The lowest BCUT2D eigenvalue weighted by atomic mass is 9.88. The van der Waals surface area contributed by atoms with E-state index in [4.69, 9.17) is 0 Å². The molecular formula is C40H52ClFN6O6. The van der Waals surface area contributed by atoms with Crippen molar-refractivity contribution in [1.29, 1.82) is 0 Å². The van der Waals surface area contributed by atoms with Crippen LogP contribution in [0.1, 0.15) is 120 Å². The second-order valence-electron chi connectivity index (χ2n) is 14.8. The highest BCUT2D eigenvalue weighted by Crippen LogP contribution is 2.35. The molecule has 4 saturated heterocycles. The van der Waals surface area contributed by atoms with Gasteiger partial charge >= 0.3 is 0 Å². The lowest BCUT2D eigenvalue weighted by Gasteiger charge is -2.32. The number of halogens is 2. The second-order valence-corrected chi connectivity index (χ2v) is 14.8. The first-order valence-corrected chi connectivity index (χ1v) is 18.7. The van der Waals surface area contributed by atoms with Crippen molar-refractivity contribution in [1.82, 2.24) is 30.7 Å². The van der Waals surface area contributed by atoms with Gasteiger partial charge in [-0.3, -0.25) is 43.8 Å². The molecule has 2 aromatic carbocycles. The van der Waals surface area contributed by atoms with E-state index in [1.807, 2.05) is 18.2 Å². The minimum Gasteiger partial charge on any atom is -0.322 e. The maximum atomic E-state index is 12.8. The molecule has 2 atom stereocenters. The van der Waals surface area contributed by atoms with Crippen molar-refractivity contribution in [3.63, 3.8) is 0 Å². The molecule has 0 bridgehead atoms. The highest BCUT2D eigenvalue weighted by Gasteiger charge is 2.40. The molecule has 3 N–H and O–H groups in total. The number of amides is 6. The fraction of sp³-hybridized carbons (Fsp3) is 0.550. The summed E-state index contributed by atoms with van der Waals surface area (Å²) in [6.45, 7) is 5.45. The van der Waals surface area contributed by atoms with Gasteiger partial charge in [-0.25, -0.2) is 0 Å². The van der Waals surface area contributed by atoms with Gasteiger partial charge in [0.1, 0.15) is 12.1 Å². The maximum absolute atomic E-state index is 12.8. The number of benzene rings is 2. The van der Waals surface area contributed by atoms with E-state index in [9.17, 15) is 33.2 Å². The Hall–Kier alpha value is -4.20. The highest BCUT2D eigenvalue weighted by molar-refractivity contribution is 6.06. The Morgan fingerprint density at radius 1 is 0.648 bits per heavy atom. The van der Waals surface area contributed by atoms with Gasteiger partial charge in [-0.15, -0.1) is 12.4 Å². The Balaban J connectivity index is 0.000000202. The number of imide groups is 2. The molecule has 2 unspecified atom stereocenters. The van der Waals surface area contributed by atoms with Gasteiger partial charge in [0.25, 0.3) is 11.8 Å². The summed E-state index contributed by atoms with van der Waals surface area (Å²) in [5.41, 5.74) is 5.84. The molecule has 6 aliphatic rings. The number of nitrogens with zero attached hydrogens (tertiary/aromatic N) is 3. The van der Waals surface area contributed by atoms with Gasteiger partial charge in [0.05, 0.1) is 6.67 Å². The third-order valence-corrected chi connectivity index (χ3v) is 11.6. The zero-order valence-corrected chi connectivity index (χ0v) is 30.7. The normalized spacial score (nSPS) is 23.4. The summed E-state index contributed by atoms with van der Waals surface area (Å²) in [6, 6.07) is 11.0. The number of carbonyl (C=O) groups excluding carboxylic acids is 6. The van der Waals surface area contributed by atoms with Crippen LogP contribution < -0.4 is 16.0 Å². The SMILES string of the molecule is C.Cl.O=C1CCC(N2Cc3cc(C4CCN(CCCF)CC4)ccc3C2=O)C(=O)N1.O=C1CCC(N2Cc3cc(C4CCNCC4)ccc3C2=O)C(=O)N1. The average molecular weight is 767 g/mol. The van der Waals surface area contributed by atoms with Gasteiger partial charge in [0.2, 0.25) is 23.6 Å². The van der Waals surface area contributed by atoms with Crippen molar-refractivity contribution in [2.75, 3.05) is 39.4 Å². The standard InChI is InChI=1S/C21H26FN3O3.C18H21N3O3.CH4.ClH/c22-8-1-9-24-10-6-14(7-11-24)15-2-3-17-16(12-15)13-25(21(17)28)18-4-5-19(26)23-20(18)27;22-16-4-3-15(17(23)20-16)21-10-13-9-12(1-2-14(13)18(21)24)11-5-7-19-8-6-11;;/h2-3,12,14,18H,1,4-11,13H2,(H,23,26,27);1-2,9,11,15,19H,3-8,10H2,(H,20,22,23);1H4;1H. The predicted octanol–water partition coefficient (Wildman–Crippen LogP) is 3.96. The molecule has 6 amide bonds. The van der Waals surface area contributed by atoms with Crippen LogP contribution in [-0.2, 0) is 32.3 Å². The first-order valence-electron chi connectivity index (χ1n) is 18.7. The van der Waals surface area contributed by atoms with Crippen LogP contribution in [0.5, 0.6) is 0 Å². The van der Waals surface area contributed by atoms with Gasteiger partial charge in [-0.05, 0) is 117 Å². The summed E-state index contributed by atoms with van der Waals surface area (Å²) >= 11 is 0. The van der Waals surface area contributed by atoms with Crippen LogP contribution in [0.15, 0.2) is 36.4 Å². The monoisotopic (exact) mass is 766 g/mol. The molecule has 54 heavy (non-hydrogen) atoms. The first-order chi connectivity index (χ1) is 25.2. The number of alkyl halides is 1. The van der Waals surface area contributed by atoms with Crippen LogP contribution in [0.25, 0.3) is 0 Å². The van der Waals surface area contributed by atoms with Crippen molar-refractivity contribution >= 4 is 47.9 Å². The topological polar surface area (TPSA) is 148 Å². The number of hydrogen-bond acceptors (Lipinski definition) is 8. The maximum Gasteiger partial charge on any atom is 0.255 e. The number of carbonyl (C=O) groups is 6. The highest BCUT2D eigenvalue weighted by atomic mass is 35.5. The predicted molar refractivity (Wildman–Crippen MR) is 203 cm³/mol. The summed E-state index contributed by atoms with van der Waals surface area (Å²) in [5.74, 6) is -0.500. The van der Waals surface area contributed by atoms with E-state index < -0.39 is 12.1 Å². The van der Waals surface area contributed by atoms with E-state index in [0.29, 0.717) is 55.3 Å². The van der Waals surface area contributed by atoms with Crippen LogP contribution in [-0.4, -0.2) is 102 Å². The Kier molecular flexibility index (Phi) is 13.6. The smallest absolute Gasteiger partial charge is 0.255 e.